The highest BCUT2D eigenvalue weighted by atomic mass is 32.1. The SMILES string of the molecule is Nc1ccc2c(c1)OCc1ccsc1C2=O. The van der Waals surface area contributed by atoms with Crippen LogP contribution >= 0.6 is 11.3 Å². The van der Waals surface area contributed by atoms with Gasteiger partial charge in [0, 0.05) is 17.3 Å². The van der Waals surface area contributed by atoms with Gasteiger partial charge in [0.25, 0.3) is 0 Å². The van der Waals surface area contributed by atoms with Gasteiger partial charge in [-0.05, 0) is 23.6 Å². The fourth-order valence-electron chi connectivity index (χ4n) is 1.77. The number of nitrogen functional groups attached to an aromatic ring is 1. The van der Waals surface area contributed by atoms with Crippen LogP contribution < -0.4 is 10.5 Å². The molecule has 1 aromatic heterocycles. The van der Waals surface area contributed by atoms with Crippen molar-refractivity contribution < 1.29 is 9.53 Å². The third kappa shape index (κ3) is 1.31. The Morgan fingerprint density at radius 3 is 3.06 bits per heavy atom. The van der Waals surface area contributed by atoms with Crippen LogP contribution in [0, 0.1) is 0 Å². The Labute approximate surface area is 96.5 Å². The first kappa shape index (κ1) is 9.42. The minimum absolute atomic E-state index is 0.0255. The summed E-state index contributed by atoms with van der Waals surface area (Å²) in [6.45, 7) is 0.432. The van der Waals surface area contributed by atoms with E-state index in [4.69, 9.17) is 10.5 Å². The number of thiophene rings is 1. The van der Waals surface area contributed by atoms with Gasteiger partial charge in [-0.1, -0.05) is 0 Å². The molecule has 3 rings (SSSR count). The van der Waals surface area contributed by atoms with Crippen LogP contribution in [0.4, 0.5) is 5.69 Å². The number of ether oxygens (including phenoxy) is 1. The molecule has 4 heteroatoms. The molecule has 0 radical (unpaired) electrons. The van der Waals surface area contributed by atoms with Crippen molar-refractivity contribution in [2.45, 2.75) is 6.61 Å². The van der Waals surface area contributed by atoms with Crippen molar-refractivity contribution in [2.24, 2.45) is 0 Å². The predicted octanol–water partition coefficient (Wildman–Crippen LogP) is 2.45. The second-order valence-electron chi connectivity index (χ2n) is 3.65. The zero-order valence-electron chi connectivity index (χ0n) is 8.40. The van der Waals surface area contributed by atoms with Crippen LogP contribution in [0.3, 0.4) is 0 Å². The Hall–Kier alpha value is -1.81. The molecule has 2 aromatic rings. The lowest BCUT2D eigenvalue weighted by Gasteiger charge is -2.06. The average molecular weight is 231 g/mol. The van der Waals surface area contributed by atoms with E-state index in [0.29, 0.717) is 23.6 Å². The summed E-state index contributed by atoms with van der Waals surface area (Å²) >= 11 is 1.45. The first-order chi connectivity index (χ1) is 7.75. The molecule has 0 atom stereocenters. The standard InChI is InChI=1S/C12H9NO2S/c13-8-1-2-9-10(5-8)15-6-7-3-4-16-12(7)11(9)14/h1-5H,6,13H2. The number of nitrogens with two attached hydrogens (primary N) is 1. The molecule has 0 saturated carbocycles. The Bertz CT molecular complexity index is 574. The highest BCUT2D eigenvalue weighted by molar-refractivity contribution is 7.12. The monoisotopic (exact) mass is 231 g/mol. The van der Waals surface area contributed by atoms with Gasteiger partial charge >= 0.3 is 0 Å². The number of rotatable bonds is 0. The first-order valence-electron chi connectivity index (χ1n) is 4.89. The fraction of sp³-hybridized carbons (Fsp3) is 0.0833. The molecule has 0 bridgehead atoms. The van der Waals surface area contributed by atoms with Crippen LogP contribution in [0.25, 0.3) is 0 Å². The van der Waals surface area contributed by atoms with Crippen LogP contribution in [0.2, 0.25) is 0 Å². The zero-order chi connectivity index (χ0) is 11.1. The largest absolute Gasteiger partial charge is 0.488 e. The van der Waals surface area contributed by atoms with Crippen molar-refractivity contribution in [3.8, 4) is 5.75 Å². The molecular formula is C12H9NO2S. The van der Waals surface area contributed by atoms with Crippen molar-refractivity contribution in [2.75, 3.05) is 5.73 Å². The third-order valence-electron chi connectivity index (χ3n) is 2.59. The van der Waals surface area contributed by atoms with E-state index in [-0.39, 0.29) is 5.78 Å². The van der Waals surface area contributed by atoms with Crippen LogP contribution in [0.1, 0.15) is 20.8 Å². The van der Waals surface area contributed by atoms with Crippen LogP contribution in [0.15, 0.2) is 29.6 Å². The smallest absolute Gasteiger partial charge is 0.207 e. The summed E-state index contributed by atoms with van der Waals surface area (Å²) in [7, 11) is 0. The van der Waals surface area contributed by atoms with E-state index in [1.165, 1.54) is 11.3 Å². The molecule has 3 nitrogen and oxygen atoms in total. The van der Waals surface area contributed by atoms with Gasteiger partial charge < -0.3 is 10.5 Å². The Morgan fingerprint density at radius 2 is 2.19 bits per heavy atom. The fourth-order valence-corrected chi connectivity index (χ4v) is 2.64. The molecule has 1 aliphatic rings. The van der Waals surface area contributed by atoms with Crippen LogP contribution in [0.5, 0.6) is 5.75 Å². The number of ketones is 1. The van der Waals surface area contributed by atoms with Gasteiger partial charge in [0.15, 0.2) is 0 Å². The summed E-state index contributed by atoms with van der Waals surface area (Å²) in [5.41, 5.74) is 7.82. The highest BCUT2D eigenvalue weighted by Crippen LogP contribution is 2.32. The van der Waals surface area contributed by atoms with Crippen molar-refractivity contribution in [1.82, 2.24) is 0 Å². The van der Waals surface area contributed by atoms with Gasteiger partial charge in [-0.2, -0.15) is 0 Å². The third-order valence-corrected chi connectivity index (χ3v) is 3.54. The molecule has 0 fully saturated rings. The van der Waals surface area contributed by atoms with Gasteiger partial charge in [0.1, 0.15) is 12.4 Å². The van der Waals surface area contributed by atoms with E-state index in [2.05, 4.69) is 0 Å². The Morgan fingerprint density at radius 1 is 1.31 bits per heavy atom. The van der Waals surface area contributed by atoms with Crippen molar-refractivity contribution >= 4 is 22.8 Å². The summed E-state index contributed by atoms with van der Waals surface area (Å²) in [6.07, 6.45) is 0. The minimum Gasteiger partial charge on any atom is -0.488 e. The predicted molar refractivity (Wildman–Crippen MR) is 62.9 cm³/mol. The van der Waals surface area contributed by atoms with E-state index in [9.17, 15) is 4.79 Å². The molecule has 0 amide bonds. The molecule has 2 N–H and O–H groups in total. The molecular weight excluding hydrogens is 222 g/mol. The molecule has 1 aliphatic heterocycles. The summed E-state index contributed by atoms with van der Waals surface area (Å²) in [5.74, 6) is 0.603. The van der Waals surface area contributed by atoms with Gasteiger partial charge in [-0.3, -0.25) is 4.79 Å². The maximum Gasteiger partial charge on any atom is 0.207 e. The number of fused-ring (bicyclic) bond motifs is 2. The molecule has 2 heterocycles. The number of hydrogen-bond acceptors (Lipinski definition) is 4. The van der Waals surface area contributed by atoms with Crippen LogP contribution in [-0.4, -0.2) is 5.78 Å². The second-order valence-corrected chi connectivity index (χ2v) is 4.56. The lowest BCUT2D eigenvalue weighted by molar-refractivity contribution is 0.104. The first-order valence-corrected chi connectivity index (χ1v) is 5.77. The molecule has 0 aliphatic carbocycles. The Balaban J connectivity index is 2.20. The van der Waals surface area contributed by atoms with Crippen molar-refractivity contribution in [3.63, 3.8) is 0 Å². The number of anilines is 1. The second kappa shape index (κ2) is 3.35. The lowest BCUT2D eigenvalue weighted by atomic mass is 10.1. The normalized spacial score (nSPS) is 13.6. The van der Waals surface area contributed by atoms with Gasteiger partial charge in [-0.15, -0.1) is 11.3 Å². The van der Waals surface area contributed by atoms with E-state index in [1.807, 2.05) is 11.4 Å². The molecule has 16 heavy (non-hydrogen) atoms. The lowest BCUT2D eigenvalue weighted by Crippen LogP contribution is -1.99. The molecule has 0 saturated heterocycles. The van der Waals surface area contributed by atoms with Gasteiger partial charge in [-0.25, -0.2) is 0 Å². The quantitative estimate of drug-likeness (QED) is 0.708. The molecule has 80 valence electrons. The topological polar surface area (TPSA) is 52.3 Å². The Kier molecular flexibility index (Phi) is 1.97. The number of carbonyl (C=O) groups excluding carboxylic acids is 1. The van der Waals surface area contributed by atoms with E-state index in [1.54, 1.807) is 18.2 Å². The number of carbonyl (C=O) groups is 1. The van der Waals surface area contributed by atoms with Gasteiger partial charge in [0.2, 0.25) is 5.78 Å². The van der Waals surface area contributed by atoms with Crippen molar-refractivity contribution in [3.05, 3.63) is 45.6 Å². The summed E-state index contributed by atoms with van der Waals surface area (Å²) in [5, 5.41) is 1.91. The minimum atomic E-state index is 0.0255. The maximum absolute atomic E-state index is 12.2. The van der Waals surface area contributed by atoms with Crippen molar-refractivity contribution in [1.29, 1.82) is 0 Å². The van der Waals surface area contributed by atoms with Gasteiger partial charge in [0.05, 0.1) is 10.4 Å². The molecule has 0 unspecified atom stereocenters. The zero-order valence-corrected chi connectivity index (χ0v) is 9.21. The highest BCUT2D eigenvalue weighted by Gasteiger charge is 2.23. The summed E-state index contributed by atoms with van der Waals surface area (Å²) in [6, 6.07) is 7.07. The van der Waals surface area contributed by atoms with E-state index < -0.39 is 0 Å². The maximum atomic E-state index is 12.2. The van der Waals surface area contributed by atoms with E-state index in [0.717, 1.165) is 10.4 Å². The molecule has 0 spiro atoms. The average Bonchev–Trinajstić information content (AvgIpc) is 2.69. The summed E-state index contributed by atoms with van der Waals surface area (Å²) in [4.78, 5) is 13.0. The van der Waals surface area contributed by atoms with E-state index >= 15 is 0 Å². The van der Waals surface area contributed by atoms with Crippen LogP contribution in [-0.2, 0) is 6.61 Å². The number of hydrogen-bond donors (Lipinski definition) is 1. The summed E-state index contributed by atoms with van der Waals surface area (Å²) < 4.78 is 5.59. The molecule has 1 aromatic carbocycles. The number of benzene rings is 1.